The van der Waals surface area contributed by atoms with Crippen LogP contribution < -0.4 is 5.32 Å². The summed E-state index contributed by atoms with van der Waals surface area (Å²) in [6.07, 6.45) is 1.75. The largest absolute Gasteiger partial charge is 0.480 e. The summed E-state index contributed by atoms with van der Waals surface area (Å²) in [7, 11) is 0. The molecule has 17 heavy (non-hydrogen) atoms. The Morgan fingerprint density at radius 1 is 1.35 bits per heavy atom. The van der Waals surface area contributed by atoms with Crippen LogP contribution in [0, 0.1) is 11.3 Å². The lowest BCUT2D eigenvalue weighted by molar-refractivity contribution is -0.161. The molecule has 0 aromatic rings. The summed E-state index contributed by atoms with van der Waals surface area (Å²) in [6, 6.07) is -0.677. The zero-order valence-electron chi connectivity index (χ0n) is 10.4. The van der Waals surface area contributed by atoms with Crippen molar-refractivity contribution in [3.05, 3.63) is 0 Å². The molecule has 2 N–H and O–H groups in total. The Bertz CT molecular complexity index is 337. The molecule has 2 rings (SSSR count). The minimum absolute atomic E-state index is 0.00363. The lowest BCUT2D eigenvalue weighted by Gasteiger charge is -2.46. The van der Waals surface area contributed by atoms with Crippen molar-refractivity contribution in [2.24, 2.45) is 11.3 Å². The van der Waals surface area contributed by atoms with E-state index in [1.165, 1.54) is 0 Å². The number of piperidine rings is 1. The van der Waals surface area contributed by atoms with Crippen LogP contribution in [-0.2, 0) is 9.59 Å². The summed E-state index contributed by atoms with van der Waals surface area (Å²) in [4.78, 5) is 25.2. The standard InChI is InChI=1S/C12H20N2O3/c1-12(2)4-3-5-14(9(12)11(16)17)10(15)8-6-13-7-8/h8-9,13H,3-7H2,1-2H3,(H,16,17). The van der Waals surface area contributed by atoms with Crippen LogP contribution in [0.3, 0.4) is 0 Å². The van der Waals surface area contributed by atoms with Gasteiger partial charge in [-0.1, -0.05) is 13.8 Å². The molecule has 0 aliphatic carbocycles. The molecule has 5 nitrogen and oxygen atoms in total. The van der Waals surface area contributed by atoms with E-state index in [2.05, 4.69) is 5.32 Å². The van der Waals surface area contributed by atoms with Gasteiger partial charge in [0.05, 0.1) is 5.92 Å². The first kappa shape index (κ1) is 12.4. The molecule has 0 aromatic carbocycles. The molecule has 2 heterocycles. The van der Waals surface area contributed by atoms with E-state index in [9.17, 15) is 14.7 Å². The average Bonchev–Trinajstić information content (AvgIpc) is 2.11. The molecular formula is C12H20N2O3. The molecule has 5 heteroatoms. The van der Waals surface area contributed by atoms with Crippen molar-refractivity contribution in [3.63, 3.8) is 0 Å². The summed E-state index contributed by atoms with van der Waals surface area (Å²) in [5, 5.41) is 12.4. The van der Waals surface area contributed by atoms with E-state index in [1.54, 1.807) is 4.90 Å². The van der Waals surface area contributed by atoms with E-state index in [1.807, 2.05) is 13.8 Å². The first-order chi connectivity index (χ1) is 7.93. The minimum atomic E-state index is -0.879. The fraction of sp³-hybridized carbons (Fsp3) is 0.833. The molecule has 0 spiro atoms. The van der Waals surface area contributed by atoms with E-state index >= 15 is 0 Å². The molecule has 2 saturated heterocycles. The maximum absolute atomic E-state index is 12.2. The Balaban J connectivity index is 2.18. The summed E-state index contributed by atoms with van der Waals surface area (Å²) >= 11 is 0. The van der Waals surface area contributed by atoms with Gasteiger partial charge in [-0.25, -0.2) is 4.79 Å². The number of carbonyl (C=O) groups is 2. The van der Waals surface area contributed by atoms with Gasteiger partial charge < -0.3 is 15.3 Å². The van der Waals surface area contributed by atoms with Gasteiger partial charge in [0.15, 0.2) is 0 Å². The first-order valence-corrected chi connectivity index (χ1v) is 6.17. The Labute approximate surface area is 101 Å². The second kappa shape index (κ2) is 4.29. The van der Waals surface area contributed by atoms with Crippen molar-refractivity contribution in [1.29, 1.82) is 0 Å². The SMILES string of the molecule is CC1(C)CCCN(C(=O)C2CNC2)C1C(=O)O. The number of hydrogen-bond acceptors (Lipinski definition) is 3. The summed E-state index contributed by atoms with van der Waals surface area (Å²) < 4.78 is 0. The second-order valence-corrected chi connectivity index (χ2v) is 5.72. The highest BCUT2D eigenvalue weighted by Gasteiger charge is 2.46. The number of nitrogens with one attached hydrogen (secondary N) is 1. The van der Waals surface area contributed by atoms with Crippen molar-refractivity contribution in [2.75, 3.05) is 19.6 Å². The Morgan fingerprint density at radius 3 is 2.47 bits per heavy atom. The van der Waals surface area contributed by atoms with Crippen LogP contribution in [0.4, 0.5) is 0 Å². The van der Waals surface area contributed by atoms with Crippen LogP contribution in [0.5, 0.6) is 0 Å². The van der Waals surface area contributed by atoms with Gasteiger partial charge in [-0.05, 0) is 18.3 Å². The van der Waals surface area contributed by atoms with E-state index in [-0.39, 0.29) is 17.2 Å². The maximum Gasteiger partial charge on any atom is 0.326 e. The molecule has 2 aliphatic rings. The fourth-order valence-corrected chi connectivity index (χ4v) is 2.80. The number of nitrogens with zero attached hydrogens (tertiary/aromatic N) is 1. The predicted octanol–water partition coefficient (Wildman–Crippen LogP) is 0.308. The second-order valence-electron chi connectivity index (χ2n) is 5.72. The van der Waals surface area contributed by atoms with E-state index in [4.69, 9.17) is 0 Å². The molecule has 0 aromatic heterocycles. The number of rotatable bonds is 2. The minimum Gasteiger partial charge on any atom is -0.480 e. The molecule has 1 atom stereocenters. The van der Waals surface area contributed by atoms with E-state index in [0.717, 1.165) is 12.8 Å². The number of likely N-dealkylation sites (tertiary alicyclic amines) is 1. The number of aliphatic carboxylic acids is 1. The Hall–Kier alpha value is -1.10. The van der Waals surface area contributed by atoms with Crippen LogP contribution in [0.2, 0.25) is 0 Å². The zero-order valence-corrected chi connectivity index (χ0v) is 10.4. The third-order valence-electron chi connectivity index (χ3n) is 3.92. The van der Waals surface area contributed by atoms with Gasteiger partial charge in [0.2, 0.25) is 5.91 Å². The normalized spacial score (nSPS) is 28.6. The van der Waals surface area contributed by atoms with Gasteiger partial charge in [-0.2, -0.15) is 0 Å². The van der Waals surface area contributed by atoms with Crippen molar-refractivity contribution in [2.45, 2.75) is 32.7 Å². The monoisotopic (exact) mass is 240 g/mol. The fourth-order valence-electron chi connectivity index (χ4n) is 2.80. The van der Waals surface area contributed by atoms with Gasteiger partial charge in [0.1, 0.15) is 6.04 Å². The predicted molar refractivity (Wildman–Crippen MR) is 62.5 cm³/mol. The van der Waals surface area contributed by atoms with Gasteiger partial charge >= 0.3 is 5.97 Å². The van der Waals surface area contributed by atoms with Crippen LogP contribution in [0.25, 0.3) is 0 Å². The van der Waals surface area contributed by atoms with Crippen LogP contribution in [0.15, 0.2) is 0 Å². The maximum atomic E-state index is 12.2. The summed E-state index contributed by atoms with van der Waals surface area (Å²) in [5.74, 6) is -0.898. The molecule has 96 valence electrons. The lowest BCUT2D eigenvalue weighted by Crippen LogP contribution is -2.61. The number of amides is 1. The highest BCUT2D eigenvalue weighted by Crippen LogP contribution is 2.36. The number of carboxylic acid groups (broad SMARTS) is 1. The molecular weight excluding hydrogens is 220 g/mol. The van der Waals surface area contributed by atoms with Gasteiger partial charge in [0, 0.05) is 19.6 Å². The molecule has 0 bridgehead atoms. The number of carboxylic acids is 1. The Kier molecular flexibility index (Phi) is 3.12. The highest BCUT2D eigenvalue weighted by atomic mass is 16.4. The molecule has 0 saturated carbocycles. The van der Waals surface area contributed by atoms with Crippen LogP contribution in [0.1, 0.15) is 26.7 Å². The van der Waals surface area contributed by atoms with Crippen molar-refractivity contribution in [3.8, 4) is 0 Å². The van der Waals surface area contributed by atoms with Crippen molar-refractivity contribution in [1.82, 2.24) is 10.2 Å². The average molecular weight is 240 g/mol. The number of carbonyl (C=O) groups excluding carboxylic acids is 1. The molecule has 2 fully saturated rings. The lowest BCUT2D eigenvalue weighted by atomic mass is 9.76. The van der Waals surface area contributed by atoms with E-state index in [0.29, 0.717) is 19.6 Å². The van der Waals surface area contributed by atoms with Gasteiger partial charge in [-0.15, -0.1) is 0 Å². The van der Waals surface area contributed by atoms with Crippen molar-refractivity contribution >= 4 is 11.9 Å². The van der Waals surface area contributed by atoms with E-state index < -0.39 is 12.0 Å². The smallest absolute Gasteiger partial charge is 0.326 e. The molecule has 1 amide bonds. The van der Waals surface area contributed by atoms with Crippen LogP contribution >= 0.6 is 0 Å². The third kappa shape index (κ3) is 2.16. The summed E-state index contributed by atoms with van der Waals surface area (Å²) in [6.45, 7) is 5.81. The quantitative estimate of drug-likeness (QED) is 0.728. The van der Waals surface area contributed by atoms with Crippen molar-refractivity contribution < 1.29 is 14.7 Å². The number of hydrogen-bond donors (Lipinski definition) is 2. The topological polar surface area (TPSA) is 69.6 Å². The first-order valence-electron chi connectivity index (χ1n) is 6.17. The van der Waals surface area contributed by atoms with Crippen LogP contribution in [-0.4, -0.2) is 47.6 Å². The Morgan fingerprint density at radius 2 is 2.00 bits per heavy atom. The summed E-state index contributed by atoms with van der Waals surface area (Å²) in [5.41, 5.74) is -0.336. The third-order valence-corrected chi connectivity index (χ3v) is 3.92. The molecule has 0 radical (unpaired) electrons. The molecule has 1 unspecified atom stereocenters. The zero-order chi connectivity index (χ0) is 12.6. The molecule has 2 aliphatic heterocycles. The van der Waals surface area contributed by atoms with Gasteiger partial charge in [-0.3, -0.25) is 4.79 Å². The highest BCUT2D eigenvalue weighted by molar-refractivity contribution is 5.86. The van der Waals surface area contributed by atoms with Gasteiger partial charge in [0.25, 0.3) is 0 Å².